The van der Waals surface area contributed by atoms with Crippen LogP contribution >= 0.6 is 24.8 Å². The number of thiol groups is 1. The maximum Gasteiger partial charge on any atom is 0.00428 e. The highest BCUT2D eigenvalue weighted by Crippen LogP contribution is 2.08. The van der Waals surface area contributed by atoms with E-state index in [0.29, 0.717) is 0 Å². The van der Waals surface area contributed by atoms with E-state index in [4.69, 9.17) is 12.2 Å². The lowest BCUT2D eigenvalue weighted by atomic mass is 10.2. The van der Waals surface area contributed by atoms with Gasteiger partial charge in [-0.15, -0.1) is 12.6 Å². The summed E-state index contributed by atoms with van der Waals surface area (Å²) in [6, 6.07) is 8.00. The summed E-state index contributed by atoms with van der Waals surface area (Å²) in [6.45, 7) is 0. The Morgan fingerprint density at radius 1 is 1.50 bits per heavy atom. The van der Waals surface area contributed by atoms with Crippen LogP contribution in [0.3, 0.4) is 0 Å². The minimum absolute atomic E-state index is 0.851. The van der Waals surface area contributed by atoms with Crippen molar-refractivity contribution in [3.05, 3.63) is 29.8 Å². The minimum atomic E-state index is 0.851. The van der Waals surface area contributed by atoms with Crippen molar-refractivity contribution in [2.75, 3.05) is 0 Å². The van der Waals surface area contributed by atoms with Crippen LogP contribution in [0.4, 0.5) is 0 Å². The molecule has 0 atom stereocenters. The van der Waals surface area contributed by atoms with Crippen molar-refractivity contribution in [2.45, 2.75) is 11.3 Å². The third-order valence-electron chi connectivity index (χ3n) is 1.23. The lowest BCUT2D eigenvalue weighted by molar-refractivity contribution is 1.31. The van der Waals surface area contributed by atoms with E-state index in [1.165, 1.54) is 5.56 Å². The first-order chi connectivity index (χ1) is 4.83. The van der Waals surface area contributed by atoms with Gasteiger partial charge >= 0.3 is 0 Å². The third-order valence-corrected chi connectivity index (χ3v) is 1.67. The predicted molar refractivity (Wildman–Crippen MR) is 51.1 cm³/mol. The number of hydrogen-bond donors (Lipinski definition) is 1. The molecular formula is C8H8S2. The van der Waals surface area contributed by atoms with E-state index in [1.807, 2.05) is 24.3 Å². The molecule has 2 heteroatoms. The molecule has 0 aliphatic rings. The molecular weight excluding hydrogens is 160 g/mol. The first-order valence-corrected chi connectivity index (χ1v) is 3.96. The van der Waals surface area contributed by atoms with Crippen molar-refractivity contribution in [1.82, 2.24) is 0 Å². The van der Waals surface area contributed by atoms with Gasteiger partial charge in [0.25, 0.3) is 0 Å². The van der Waals surface area contributed by atoms with Gasteiger partial charge in [0.1, 0.15) is 0 Å². The highest BCUT2D eigenvalue weighted by Gasteiger charge is 1.88. The molecule has 0 saturated carbocycles. The standard InChI is InChI=1S/C8H8S2/c9-5-4-7-2-1-3-8(10)6-7/h1-3,5-6,10H,4H2. The summed E-state index contributed by atoms with van der Waals surface area (Å²) < 4.78 is 0. The van der Waals surface area contributed by atoms with Gasteiger partial charge in [-0.05, 0) is 23.1 Å². The molecule has 0 saturated heterocycles. The predicted octanol–water partition coefficient (Wildman–Crippen LogP) is 2.52. The van der Waals surface area contributed by atoms with E-state index in [0.717, 1.165) is 11.3 Å². The first-order valence-electron chi connectivity index (χ1n) is 3.04. The molecule has 0 aromatic heterocycles. The van der Waals surface area contributed by atoms with Crippen LogP contribution in [0.2, 0.25) is 0 Å². The fourth-order valence-corrected chi connectivity index (χ4v) is 1.22. The Balaban J connectivity index is 2.84. The quantitative estimate of drug-likeness (QED) is 0.523. The molecule has 0 aliphatic carbocycles. The molecule has 0 unspecified atom stereocenters. The van der Waals surface area contributed by atoms with E-state index in [-0.39, 0.29) is 0 Å². The molecule has 0 spiro atoms. The van der Waals surface area contributed by atoms with Crippen LogP contribution in [0.5, 0.6) is 0 Å². The molecule has 1 aromatic rings. The summed E-state index contributed by atoms with van der Waals surface area (Å²) in [7, 11) is 0. The SMILES string of the molecule is S=CCc1cccc(S)c1. The summed E-state index contributed by atoms with van der Waals surface area (Å²) in [5.74, 6) is 0. The van der Waals surface area contributed by atoms with Gasteiger partial charge in [0.2, 0.25) is 0 Å². The topological polar surface area (TPSA) is 0 Å². The van der Waals surface area contributed by atoms with Gasteiger partial charge in [0.15, 0.2) is 0 Å². The van der Waals surface area contributed by atoms with Gasteiger partial charge < -0.3 is 0 Å². The molecule has 0 bridgehead atoms. The summed E-state index contributed by atoms with van der Waals surface area (Å²) in [6.07, 6.45) is 0.851. The third kappa shape index (κ3) is 2.12. The van der Waals surface area contributed by atoms with Crippen molar-refractivity contribution in [3.8, 4) is 0 Å². The van der Waals surface area contributed by atoms with Crippen LogP contribution in [0.15, 0.2) is 29.2 Å². The Morgan fingerprint density at radius 3 is 2.90 bits per heavy atom. The Kier molecular flexibility index (Phi) is 2.90. The van der Waals surface area contributed by atoms with E-state index >= 15 is 0 Å². The summed E-state index contributed by atoms with van der Waals surface area (Å²) >= 11 is 8.93. The van der Waals surface area contributed by atoms with Crippen molar-refractivity contribution in [1.29, 1.82) is 0 Å². The molecule has 0 N–H and O–H groups in total. The lowest BCUT2D eigenvalue weighted by Gasteiger charge is -1.95. The summed E-state index contributed by atoms with van der Waals surface area (Å²) in [5.41, 5.74) is 1.22. The maximum atomic E-state index is 4.73. The van der Waals surface area contributed by atoms with Gasteiger partial charge in [-0.1, -0.05) is 24.4 Å². The second-order valence-corrected chi connectivity index (χ2v) is 2.89. The minimum Gasteiger partial charge on any atom is -0.143 e. The Morgan fingerprint density at radius 2 is 2.30 bits per heavy atom. The molecule has 1 aromatic carbocycles. The number of benzene rings is 1. The van der Waals surface area contributed by atoms with Gasteiger partial charge in [-0.2, -0.15) is 0 Å². The van der Waals surface area contributed by atoms with Gasteiger partial charge in [-0.25, -0.2) is 0 Å². The molecule has 0 fully saturated rings. The highest BCUT2D eigenvalue weighted by molar-refractivity contribution is 7.80. The Labute approximate surface area is 71.7 Å². The molecule has 0 amide bonds. The zero-order valence-electron chi connectivity index (χ0n) is 5.45. The van der Waals surface area contributed by atoms with Crippen LogP contribution in [0.1, 0.15) is 5.56 Å². The monoisotopic (exact) mass is 168 g/mol. The van der Waals surface area contributed by atoms with Gasteiger partial charge in [0.05, 0.1) is 0 Å². The second kappa shape index (κ2) is 3.74. The fourth-order valence-electron chi connectivity index (χ4n) is 0.780. The Bertz CT molecular complexity index is 230. The number of thiocarbonyl (C=S) groups is 1. The molecule has 52 valence electrons. The molecule has 10 heavy (non-hydrogen) atoms. The van der Waals surface area contributed by atoms with E-state index < -0.39 is 0 Å². The lowest BCUT2D eigenvalue weighted by Crippen LogP contribution is -1.82. The molecule has 0 radical (unpaired) electrons. The molecule has 0 aliphatic heterocycles. The number of hydrogen-bond acceptors (Lipinski definition) is 2. The van der Waals surface area contributed by atoms with E-state index in [1.54, 1.807) is 5.37 Å². The molecule has 0 heterocycles. The van der Waals surface area contributed by atoms with Crippen LogP contribution in [0.25, 0.3) is 0 Å². The largest absolute Gasteiger partial charge is 0.143 e. The van der Waals surface area contributed by atoms with Crippen molar-refractivity contribution in [3.63, 3.8) is 0 Å². The normalized spacial score (nSPS) is 9.30. The zero-order chi connectivity index (χ0) is 7.40. The summed E-state index contributed by atoms with van der Waals surface area (Å²) in [4.78, 5) is 0.995. The summed E-state index contributed by atoms with van der Waals surface area (Å²) in [5, 5.41) is 1.72. The first kappa shape index (κ1) is 7.76. The number of rotatable bonds is 2. The van der Waals surface area contributed by atoms with Crippen LogP contribution in [-0.2, 0) is 6.42 Å². The highest BCUT2D eigenvalue weighted by atomic mass is 32.1. The average Bonchev–Trinajstić information content (AvgIpc) is 1.88. The smallest absolute Gasteiger partial charge is 0.00428 e. The molecule has 1 rings (SSSR count). The van der Waals surface area contributed by atoms with Crippen LogP contribution in [0, 0.1) is 0 Å². The van der Waals surface area contributed by atoms with E-state index in [9.17, 15) is 0 Å². The second-order valence-electron chi connectivity index (χ2n) is 2.04. The fraction of sp³-hybridized carbons (Fsp3) is 0.125. The van der Waals surface area contributed by atoms with Crippen molar-refractivity contribution >= 4 is 30.2 Å². The zero-order valence-corrected chi connectivity index (χ0v) is 7.16. The van der Waals surface area contributed by atoms with Crippen LogP contribution in [-0.4, -0.2) is 5.37 Å². The Hall–Kier alpha value is -0.340. The maximum absolute atomic E-state index is 4.73. The average molecular weight is 168 g/mol. The van der Waals surface area contributed by atoms with Gasteiger partial charge in [-0.3, -0.25) is 0 Å². The van der Waals surface area contributed by atoms with Crippen molar-refractivity contribution in [2.24, 2.45) is 0 Å². The van der Waals surface area contributed by atoms with Crippen LogP contribution < -0.4 is 0 Å². The van der Waals surface area contributed by atoms with Gasteiger partial charge in [0, 0.05) is 11.3 Å². The van der Waals surface area contributed by atoms with E-state index in [2.05, 4.69) is 12.6 Å². The molecule has 0 nitrogen and oxygen atoms in total. The van der Waals surface area contributed by atoms with Crippen molar-refractivity contribution < 1.29 is 0 Å².